The second-order valence-electron chi connectivity index (χ2n) is 9.57. The maximum atomic E-state index is 13.1. The van der Waals surface area contributed by atoms with Gasteiger partial charge in [-0.3, -0.25) is 9.59 Å². The lowest BCUT2D eigenvalue weighted by Crippen LogP contribution is -2.15. The zero-order chi connectivity index (χ0) is 26.8. The van der Waals surface area contributed by atoms with Crippen LogP contribution in [0, 0.1) is 5.92 Å². The lowest BCUT2D eigenvalue weighted by Gasteiger charge is -2.18. The summed E-state index contributed by atoms with van der Waals surface area (Å²) >= 11 is 0. The molecule has 0 spiro atoms. The van der Waals surface area contributed by atoms with Gasteiger partial charge in [0.25, 0.3) is 5.91 Å². The van der Waals surface area contributed by atoms with Crippen molar-refractivity contribution in [3.05, 3.63) is 89.0 Å². The third-order valence-electron chi connectivity index (χ3n) is 6.04. The van der Waals surface area contributed by atoms with E-state index in [9.17, 15) is 9.59 Å². The zero-order valence-electron chi connectivity index (χ0n) is 22.1. The van der Waals surface area contributed by atoms with Crippen molar-refractivity contribution in [2.24, 2.45) is 5.92 Å². The van der Waals surface area contributed by atoms with Gasteiger partial charge >= 0.3 is 5.97 Å². The Morgan fingerprint density at radius 1 is 0.973 bits per heavy atom. The fraction of sp³-hybridized carbons (Fsp3) is 0.355. The van der Waals surface area contributed by atoms with E-state index in [-0.39, 0.29) is 25.0 Å². The maximum absolute atomic E-state index is 13.1. The molecule has 1 atom stereocenters. The van der Waals surface area contributed by atoms with Crippen LogP contribution >= 0.6 is 0 Å². The summed E-state index contributed by atoms with van der Waals surface area (Å²) in [4.78, 5) is 23.8. The van der Waals surface area contributed by atoms with Crippen LogP contribution in [-0.4, -0.2) is 23.6 Å². The first-order chi connectivity index (χ1) is 17.8. The highest BCUT2D eigenvalue weighted by Gasteiger charge is 2.15. The Hall–Kier alpha value is -3.80. The number of nitrogens with one attached hydrogen (secondary N) is 1. The molecular formula is C31H37NO5. The SMILES string of the molecule is CCc1cc(OC(C)c2ccc(CC(C)C)cc2)ccc1NC(=O)c1ccccc1OCCCC(=O)O. The summed E-state index contributed by atoms with van der Waals surface area (Å²) in [5.41, 5.74) is 4.51. The summed E-state index contributed by atoms with van der Waals surface area (Å²) in [6.07, 6.45) is 2.06. The fourth-order valence-electron chi connectivity index (χ4n) is 4.10. The van der Waals surface area contributed by atoms with E-state index >= 15 is 0 Å². The number of carboxylic acid groups (broad SMARTS) is 1. The Bertz CT molecular complexity index is 1190. The Morgan fingerprint density at radius 2 is 1.70 bits per heavy atom. The standard InChI is InChI=1S/C31H37NO5/c1-5-24-20-26(37-22(4)25-14-12-23(13-15-25)19-21(2)3)16-17-28(24)32-31(35)27-9-6-7-10-29(27)36-18-8-11-30(33)34/h6-7,9-10,12-17,20-22H,5,8,11,18-19H2,1-4H3,(H,32,35)(H,33,34). The molecule has 37 heavy (non-hydrogen) atoms. The second-order valence-corrected chi connectivity index (χ2v) is 9.57. The number of carboxylic acids is 1. The molecule has 0 bridgehead atoms. The topological polar surface area (TPSA) is 84.9 Å². The summed E-state index contributed by atoms with van der Waals surface area (Å²) in [5, 5.41) is 11.8. The molecule has 3 aromatic carbocycles. The predicted molar refractivity (Wildman–Crippen MR) is 147 cm³/mol. The van der Waals surface area contributed by atoms with E-state index in [0.717, 1.165) is 29.7 Å². The Kier molecular flexibility index (Phi) is 10.1. The van der Waals surface area contributed by atoms with E-state index in [1.165, 1.54) is 5.56 Å². The molecule has 196 valence electrons. The van der Waals surface area contributed by atoms with Crippen molar-refractivity contribution in [3.63, 3.8) is 0 Å². The number of hydrogen-bond acceptors (Lipinski definition) is 4. The third kappa shape index (κ3) is 8.38. The average molecular weight is 504 g/mol. The molecule has 0 aromatic heterocycles. The molecule has 0 heterocycles. The summed E-state index contributed by atoms with van der Waals surface area (Å²) in [6, 6.07) is 21.2. The van der Waals surface area contributed by atoms with Gasteiger partial charge in [-0.05, 0) is 79.1 Å². The zero-order valence-corrected chi connectivity index (χ0v) is 22.1. The van der Waals surface area contributed by atoms with E-state index in [4.69, 9.17) is 14.6 Å². The quantitative estimate of drug-likeness (QED) is 0.243. The number of rotatable bonds is 13. The van der Waals surface area contributed by atoms with Gasteiger partial charge in [-0.2, -0.15) is 0 Å². The monoisotopic (exact) mass is 503 g/mol. The van der Waals surface area contributed by atoms with E-state index in [2.05, 4.69) is 43.4 Å². The highest BCUT2D eigenvalue weighted by atomic mass is 16.5. The van der Waals surface area contributed by atoms with Gasteiger partial charge in [0.1, 0.15) is 17.6 Å². The maximum Gasteiger partial charge on any atom is 0.303 e. The molecule has 0 aliphatic heterocycles. The van der Waals surface area contributed by atoms with Crippen molar-refractivity contribution in [3.8, 4) is 11.5 Å². The molecular weight excluding hydrogens is 466 g/mol. The van der Waals surface area contributed by atoms with Crippen molar-refractivity contribution in [2.75, 3.05) is 11.9 Å². The number of carbonyl (C=O) groups is 2. The van der Waals surface area contributed by atoms with Crippen LogP contribution in [0.25, 0.3) is 0 Å². The van der Waals surface area contributed by atoms with Gasteiger partial charge in [0.15, 0.2) is 0 Å². The largest absolute Gasteiger partial charge is 0.493 e. The second kappa shape index (κ2) is 13.5. The number of aryl methyl sites for hydroxylation is 1. The van der Waals surface area contributed by atoms with Gasteiger partial charge in [0.2, 0.25) is 0 Å². The fourth-order valence-corrected chi connectivity index (χ4v) is 4.10. The first-order valence-electron chi connectivity index (χ1n) is 12.9. The minimum atomic E-state index is -0.872. The van der Waals surface area contributed by atoms with E-state index < -0.39 is 5.97 Å². The molecule has 0 fully saturated rings. The Labute approximate surface area is 219 Å². The summed E-state index contributed by atoms with van der Waals surface area (Å²) in [6.45, 7) is 8.72. The molecule has 0 saturated heterocycles. The molecule has 6 heteroatoms. The van der Waals surface area contributed by atoms with Crippen LogP contribution in [0.15, 0.2) is 66.7 Å². The lowest BCUT2D eigenvalue weighted by molar-refractivity contribution is -0.137. The van der Waals surface area contributed by atoms with Crippen LogP contribution in [0.1, 0.15) is 73.7 Å². The van der Waals surface area contributed by atoms with Gasteiger partial charge in [-0.1, -0.05) is 57.2 Å². The van der Waals surface area contributed by atoms with Crippen molar-refractivity contribution in [1.29, 1.82) is 0 Å². The molecule has 0 aliphatic rings. The van der Waals surface area contributed by atoms with Crippen LogP contribution in [0.5, 0.6) is 11.5 Å². The van der Waals surface area contributed by atoms with Crippen LogP contribution in [0.3, 0.4) is 0 Å². The van der Waals surface area contributed by atoms with Gasteiger partial charge < -0.3 is 19.9 Å². The number of hydrogen-bond donors (Lipinski definition) is 2. The van der Waals surface area contributed by atoms with Crippen LogP contribution in [0.4, 0.5) is 5.69 Å². The minimum Gasteiger partial charge on any atom is -0.493 e. The Morgan fingerprint density at radius 3 is 2.38 bits per heavy atom. The number of ether oxygens (including phenoxy) is 2. The van der Waals surface area contributed by atoms with Gasteiger partial charge in [0.05, 0.1) is 12.2 Å². The van der Waals surface area contributed by atoms with Crippen molar-refractivity contribution in [2.45, 2.75) is 59.5 Å². The van der Waals surface area contributed by atoms with Crippen molar-refractivity contribution >= 4 is 17.6 Å². The van der Waals surface area contributed by atoms with Crippen LogP contribution in [-0.2, 0) is 17.6 Å². The summed E-state index contributed by atoms with van der Waals surface area (Å²) in [5.74, 6) is 0.637. The normalized spacial score (nSPS) is 11.7. The van der Waals surface area contributed by atoms with Gasteiger partial charge in [0, 0.05) is 12.1 Å². The van der Waals surface area contributed by atoms with Gasteiger partial charge in [-0.15, -0.1) is 0 Å². The molecule has 3 aromatic rings. The average Bonchev–Trinajstić information content (AvgIpc) is 2.87. The third-order valence-corrected chi connectivity index (χ3v) is 6.04. The smallest absolute Gasteiger partial charge is 0.303 e. The molecule has 0 radical (unpaired) electrons. The number of anilines is 1. The highest BCUT2D eigenvalue weighted by molar-refractivity contribution is 6.06. The molecule has 6 nitrogen and oxygen atoms in total. The summed E-state index contributed by atoms with van der Waals surface area (Å²) in [7, 11) is 0. The number of para-hydroxylation sites is 1. The van der Waals surface area contributed by atoms with Crippen LogP contribution < -0.4 is 14.8 Å². The first-order valence-corrected chi connectivity index (χ1v) is 12.9. The van der Waals surface area contributed by atoms with E-state index in [0.29, 0.717) is 29.3 Å². The molecule has 0 saturated carbocycles. The molecule has 1 unspecified atom stereocenters. The van der Waals surface area contributed by atoms with Gasteiger partial charge in [-0.25, -0.2) is 0 Å². The Balaban J connectivity index is 1.66. The lowest BCUT2D eigenvalue weighted by atomic mass is 10.0. The van der Waals surface area contributed by atoms with E-state index in [1.54, 1.807) is 24.3 Å². The number of benzene rings is 3. The molecule has 3 rings (SSSR count). The highest BCUT2D eigenvalue weighted by Crippen LogP contribution is 2.28. The van der Waals surface area contributed by atoms with E-state index in [1.807, 2.05) is 32.0 Å². The molecule has 1 amide bonds. The van der Waals surface area contributed by atoms with Crippen LogP contribution in [0.2, 0.25) is 0 Å². The summed E-state index contributed by atoms with van der Waals surface area (Å²) < 4.78 is 11.9. The number of carbonyl (C=O) groups excluding carboxylic acids is 1. The minimum absolute atomic E-state index is 0.0186. The molecule has 2 N–H and O–H groups in total. The first kappa shape index (κ1) is 27.8. The number of amides is 1. The van der Waals surface area contributed by atoms with Crippen molar-refractivity contribution in [1.82, 2.24) is 0 Å². The predicted octanol–water partition coefficient (Wildman–Crippen LogP) is 7.08. The molecule has 0 aliphatic carbocycles. The number of aliphatic carboxylic acids is 1. The van der Waals surface area contributed by atoms with Crippen molar-refractivity contribution < 1.29 is 24.2 Å².